The van der Waals surface area contributed by atoms with Gasteiger partial charge < -0.3 is 14.2 Å². The third kappa shape index (κ3) is 4.15. The van der Waals surface area contributed by atoms with Crippen molar-refractivity contribution >= 4 is 34.0 Å². The van der Waals surface area contributed by atoms with Gasteiger partial charge in [-0.2, -0.15) is 0 Å². The van der Waals surface area contributed by atoms with Gasteiger partial charge >= 0.3 is 0 Å². The number of hydrogen-bond acceptors (Lipinski definition) is 6. The Bertz CT molecular complexity index is 974. The number of methoxy groups -OCH3 is 3. The summed E-state index contributed by atoms with van der Waals surface area (Å²) in [6, 6.07) is 10.4. The second-order valence-electron chi connectivity index (χ2n) is 5.41. The third-order valence-corrected chi connectivity index (χ3v) is 4.87. The van der Waals surface area contributed by atoms with E-state index in [4.69, 9.17) is 25.8 Å². The molecule has 3 aromatic rings. The van der Waals surface area contributed by atoms with Gasteiger partial charge in [0.25, 0.3) is 5.91 Å². The number of carbonyl (C=O) groups excluding carboxylic acids is 1. The van der Waals surface area contributed by atoms with Gasteiger partial charge in [0.1, 0.15) is 5.75 Å². The number of thiazole rings is 1. The number of amides is 1. The lowest BCUT2D eigenvalue weighted by atomic mass is 10.2. The molecule has 1 heterocycles. The second kappa shape index (κ2) is 8.28. The van der Waals surface area contributed by atoms with Crippen molar-refractivity contribution in [3.63, 3.8) is 0 Å². The predicted molar refractivity (Wildman–Crippen MR) is 107 cm³/mol. The molecule has 8 heteroatoms. The van der Waals surface area contributed by atoms with E-state index < -0.39 is 0 Å². The molecule has 1 aromatic heterocycles. The van der Waals surface area contributed by atoms with Crippen LogP contribution in [0.4, 0.5) is 5.13 Å². The second-order valence-corrected chi connectivity index (χ2v) is 6.68. The maximum absolute atomic E-state index is 12.5. The zero-order chi connectivity index (χ0) is 19.4. The van der Waals surface area contributed by atoms with Crippen LogP contribution < -0.4 is 19.5 Å². The average molecular weight is 405 g/mol. The van der Waals surface area contributed by atoms with Gasteiger partial charge in [0, 0.05) is 16.5 Å². The lowest BCUT2D eigenvalue weighted by Crippen LogP contribution is -2.12. The quantitative estimate of drug-likeness (QED) is 0.642. The maximum atomic E-state index is 12.5. The fourth-order valence-corrected chi connectivity index (χ4v) is 3.41. The van der Waals surface area contributed by atoms with E-state index in [-0.39, 0.29) is 5.91 Å². The Kier molecular flexibility index (Phi) is 5.83. The summed E-state index contributed by atoms with van der Waals surface area (Å²) < 4.78 is 15.6. The summed E-state index contributed by atoms with van der Waals surface area (Å²) in [4.78, 5) is 16.9. The van der Waals surface area contributed by atoms with E-state index in [0.29, 0.717) is 38.7 Å². The number of nitrogens with zero attached hydrogens (tertiary/aromatic N) is 1. The van der Waals surface area contributed by atoms with Gasteiger partial charge in [0.05, 0.1) is 32.0 Å². The summed E-state index contributed by atoms with van der Waals surface area (Å²) in [7, 11) is 4.62. The molecule has 0 spiro atoms. The molecule has 0 radical (unpaired) electrons. The van der Waals surface area contributed by atoms with E-state index in [9.17, 15) is 4.79 Å². The molecule has 0 aliphatic heterocycles. The SMILES string of the molecule is COc1ccc(-c2csc(NC(=O)c3ccc(OC)c(OC)c3)n2)cc1Cl. The Morgan fingerprint density at radius 1 is 1.00 bits per heavy atom. The van der Waals surface area contributed by atoms with Crippen LogP contribution >= 0.6 is 22.9 Å². The third-order valence-electron chi connectivity index (χ3n) is 3.82. The molecule has 0 aliphatic rings. The van der Waals surface area contributed by atoms with Crippen molar-refractivity contribution in [2.75, 3.05) is 26.6 Å². The normalized spacial score (nSPS) is 10.4. The summed E-state index contributed by atoms with van der Waals surface area (Å²) >= 11 is 7.49. The summed E-state index contributed by atoms with van der Waals surface area (Å²) in [6.45, 7) is 0. The van der Waals surface area contributed by atoms with E-state index >= 15 is 0 Å². The molecule has 6 nitrogen and oxygen atoms in total. The van der Waals surface area contributed by atoms with Crippen LogP contribution in [-0.2, 0) is 0 Å². The van der Waals surface area contributed by atoms with Gasteiger partial charge in [-0.05, 0) is 36.4 Å². The summed E-state index contributed by atoms with van der Waals surface area (Å²) in [5.41, 5.74) is 1.99. The molecule has 1 N–H and O–H groups in total. The molecule has 0 atom stereocenters. The number of rotatable bonds is 6. The van der Waals surface area contributed by atoms with E-state index in [1.165, 1.54) is 18.4 Å². The van der Waals surface area contributed by atoms with Crippen LogP contribution in [0.5, 0.6) is 17.2 Å². The molecule has 0 unspecified atom stereocenters. The zero-order valence-electron chi connectivity index (χ0n) is 14.9. The first-order valence-electron chi connectivity index (χ1n) is 7.88. The van der Waals surface area contributed by atoms with Gasteiger partial charge in [0.2, 0.25) is 0 Å². The monoisotopic (exact) mass is 404 g/mol. The predicted octanol–water partition coefficient (Wildman–Crippen LogP) is 4.74. The summed E-state index contributed by atoms with van der Waals surface area (Å²) in [5.74, 6) is 1.35. The van der Waals surface area contributed by atoms with Gasteiger partial charge in [-0.25, -0.2) is 4.98 Å². The van der Waals surface area contributed by atoms with Crippen molar-refractivity contribution in [1.82, 2.24) is 4.98 Å². The Labute approximate surface area is 165 Å². The number of nitrogens with one attached hydrogen (secondary N) is 1. The molecular weight excluding hydrogens is 388 g/mol. The Hall–Kier alpha value is -2.77. The van der Waals surface area contributed by atoms with Crippen molar-refractivity contribution in [2.24, 2.45) is 0 Å². The number of carbonyl (C=O) groups is 1. The number of benzene rings is 2. The van der Waals surface area contributed by atoms with Crippen LogP contribution in [0.15, 0.2) is 41.8 Å². The fourth-order valence-electron chi connectivity index (χ4n) is 2.44. The Morgan fingerprint density at radius 3 is 2.37 bits per heavy atom. The fraction of sp³-hybridized carbons (Fsp3) is 0.158. The van der Waals surface area contributed by atoms with E-state index in [1.54, 1.807) is 44.6 Å². The number of hydrogen-bond donors (Lipinski definition) is 1. The molecule has 1 amide bonds. The lowest BCUT2D eigenvalue weighted by Gasteiger charge is -2.09. The van der Waals surface area contributed by atoms with Crippen LogP contribution in [-0.4, -0.2) is 32.2 Å². The molecule has 0 saturated carbocycles. The van der Waals surface area contributed by atoms with Gasteiger partial charge in [-0.3, -0.25) is 10.1 Å². The number of ether oxygens (including phenoxy) is 3. The highest BCUT2D eigenvalue weighted by molar-refractivity contribution is 7.14. The minimum absolute atomic E-state index is 0.287. The first-order valence-corrected chi connectivity index (χ1v) is 9.14. The molecule has 27 heavy (non-hydrogen) atoms. The summed E-state index contributed by atoms with van der Waals surface area (Å²) in [6.07, 6.45) is 0. The molecule has 0 saturated heterocycles. The maximum Gasteiger partial charge on any atom is 0.257 e. The van der Waals surface area contributed by atoms with Crippen LogP contribution in [0, 0.1) is 0 Å². The highest BCUT2D eigenvalue weighted by atomic mass is 35.5. The molecule has 2 aromatic carbocycles. The van der Waals surface area contributed by atoms with Crippen LogP contribution in [0.1, 0.15) is 10.4 Å². The summed E-state index contributed by atoms with van der Waals surface area (Å²) in [5, 5.41) is 5.62. The first kappa shape index (κ1) is 19.0. The topological polar surface area (TPSA) is 69.7 Å². The Balaban J connectivity index is 1.77. The van der Waals surface area contributed by atoms with Crippen molar-refractivity contribution in [3.8, 4) is 28.5 Å². The van der Waals surface area contributed by atoms with Gasteiger partial charge in [0.15, 0.2) is 16.6 Å². The largest absolute Gasteiger partial charge is 0.495 e. The zero-order valence-corrected chi connectivity index (χ0v) is 16.5. The molecule has 0 bridgehead atoms. The van der Waals surface area contributed by atoms with Gasteiger partial charge in [-0.15, -0.1) is 11.3 Å². The molecular formula is C19H17ClN2O4S. The standard InChI is InChI=1S/C19H17ClN2O4S/c1-24-15-6-4-11(8-13(15)20)14-10-27-19(21-14)22-18(23)12-5-7-16(25-2)17(9-12)26-3/h4-10H,1-3H3,(H,21,22,23). The molecule has 0 aliphatic carbocycles. The smallest absolute Gasteiger partial charge is 0.257 e. The van der Waals surface area contributed by atoms with Crippen LogP contribution in [0.3, 0.4) is 0 Å². The Morgan fingerprint density at radius 2 is 1.70 bits per heavy atom. The lowest BCUT2D eigenvalue weighted by molar-refractivity contribution is 0.102. The first-order chi connectivity index (χ1) is 13.0. The molecule has 140 valence electrons. The minimum Gasteiger partial charge on any atom is -0.495 e. The van der Waals surface area contributed by atoms with Crippen molar-refractivity contribution in [3.05, 3.63) is 52.4 Å². The van der Waals surface area contributed by atoms with E-state index in [2.05, 4.69) is 10.3 Å². The highest BCUT2D eigenvalue weighted by Gasteiger charge is 2.14. The van der Waals surface area contributed by atoms with Crippen LogP contribution in [0.25, 0.3) is 11.3 Å². The highest BCUT2D eigenvalue weighted by Crippen LogP contribution is 2.32. The van der Waals surface area contributed by atoms with Gasteiger partial charge in [-0.1, -0.05) is 11.6 Å². The van der Waals surface area contributed by atoms with E-state index in [1.807, 2.05) is 11.4 Å². The van der Waals surface area contributed by atoms with Crippen LogP contribution in [0.2, 0.25) is 5.02 Å². The number of aromatic nitrogens is 1. The number of anilines is 1. The number of halogens is 1. The molecule has 0 fully saturated rings. The van der Waals surface area contributed by atoms with Crippen molar-refractivity contribution < 1.29 is 19.0 Å². The average Bonchev–Trinajstić information content (AvgIpc) is 3.15. The molecule has 3 rings (SSSR count). The minimum atomic E-state index is -0.287. The van der Waals surface area contributed by atoms with Crippen molar-refractivity contribution in [2.45, 2.75) is 0 Å². The van der Waals surface area contributed by atoms with Crippen molar-refractivity contribution in [1.29, 1.82) is 0 Å². The van der Waals surface area contributed by atoms with E-state index in [0.717, 1.165) is 5.56 Å².